The molecule has 0 spiro atoms. The van der Waals surface area contributed by atoms with Crippen LogP contribution in [0.2, 0.25) is 0 Å². The molecule has 2 aromatic carbocycles. The Morgan fingerprint density at radius 3 is 2.58 bits per heavy atom. The lowest BCUT2D eigenvalue weighted by Crippen LogP contribution is -2.31. The van der Waals surface area contributed by atoms with Crippen molar-refractivity contribution in [3.05, 3.63) is 59.7 Å². The number of hydrogen-bond acceptors (Lipinski definition) is 5. The standard InChI is InChI=1S/C21H27NO4/c1-16(23)6-7-17-8-10-20(11-9-17)26-15-19(24)14-22-13-18-4-3-5-21(12-18)25-2/h3-5,8-12,19,22,24H,6-7,13-15H2,1-2H3/t19-/m0/s1. The maximum absolute atomic E-state index is 11.0. The molecule has 5 nitrogen and oxygen atoms in total. The molecule has 0 amide bonds. The quantitative estimate of drug-likeness (QED) is 0.647. The number of benzene rings is 2. The molecule has 0 unspecified atom stereocenters. The van der Waals surface area contributed by atoms with E-state index < -0.39 is 6.10 Å². The molecule has 0 heterocycles. The molecule has 0 bridgehead atoms. The number of nitrogens with one attached hydrogen (secondary N) is 1. The maximum Gasteiger partial charge on any atom is 0.130 e. The second-order valence-corrected chi connectivity index (χ2v) is 6.29. The summed E-state index contributed by atoms with van der Waals surface area (Å²) in [4.78, 5) is 11.0. The summed E-state index contributed by atoms with van der Waals surface area (Å²) >= 11 is 0. The normalized spacial score (nSPS) is 11.8. The van der Waals surface area contributed by atoms with Gasteiger partial charge >= 0.3 is 0 Å². The molecule has 0 aliphatic rings. The van der Waals surface area contributed by atoms with Crippen molar-refractivity contribution in [2.45, 2.75) is 32.4 Å². The Labute approximate surface area is 155 Å². The van der Waals surface area contributed by atoms with Crippen LogP contribution >= 0.6 is 0 Å². The van der Waals surface area contributed by atoms with Crippen molar-refractivity contribution in [3.63, 3.8) is 0 Å². The molecule has 1 atom stereocenters. The molecular formula is C21H27NO4. The van der Waals surface area contributed by atoms with Crippen LogP contribution in [0, 0.1) is 0 Å². The van der Waals surface area contributed by atoms with E-state index in [1.54, 1.807) is 14.0 Å². The number of ketones is 1. The number of ether oxygens (including phenoxy) is 2. The molecule has 2 rings (SSSR count). The first kappa shape index (κ1) is 19.9. The Morgan fingerprint density at radius 2 is 1.88 bits per heavy atom. The van der Waals surface area contributed by atoms with E-state index in [4.69, 9.17) is 9.47 Å². The molecule has 2 aromatic rings. The Hall–Kier alpha value is -2.37. The van der Waals surface area contributed by atoms with Crippen molar-refractivity contribution in [2.75, 3.05) is 20.3 Å². The van der Waals surface area contributed by atoms with Crippen molar-refractivity contribution >= 4 is 5.78 Å². The average Bonchev–Trinajstić information content (AvgIpc) is 2.65. The lowest BCUT2D eigenvalue weighted by molar-refractivity contribution is -0.116. The predicted molar refractivity (Wildman–Crippen MR) is 102 cm³/mol. The van der Waals surface area contributed by atoms with Gasteiger partial charge in [0.15, 0.2) is 0 Å². The highest BCUT2D eigenvalue weighted by Gasteiger charge is 2.06. The first-order valence-electron chi connectivity index (χ1n) is 8.79. The Kier molecular flexibility index (Phi) is 8.12. The monoisotopic (exact) mass is 357 g/mol. The zero-order valence-corrected chi connectivity index (χ0v) is 15.4. The van der Waals surface area contributed by atoms with Gasteiger partial charge in [-0.2, -0.15) is 0 Å². The smallest absolute Gasteiger partial charge is 0.130 e. The van der Waals surface area contributed by atoms with Gasteiger partial charge < -0.3 is 24.7 Å². The van der Waals surface area contributed by atoms with Crippen LogP contribution in [0.25, 0.3) is 0 Å². The van der Waals surface area contributed by atoms with Crippen LogP contribution < -0.4 is 14.8 Å². The average molecular weight is 357 g/mol. The van der Waals surface area contributed by atoms with Crippen LogP contribution in [0.15, 0.2) is 48.5 Å². The molecule has 2 N–H and O–H groups in total. The van der Waals surface area contributed by atoms with Gasteiger partial charge in [-0.3, -0.25) is 0 Å². The zero-order chi connectivity index (χ0) is 18.8. The molecule has 0 fully saturated rings. The van der Waals surface area contributed by atoms with Crippen LogP contribution in [0.4, 0.5) is 0 Å². The van der Waals surface area contributed by atoms with Gasteiger partial charge in [0, 0.05) is 19.5 Å². The highest BCUT2D eigenvalue weighted by atomic mass is 16.5. The van der Waals surface area contributed by atoms with Gasteiger partial charge in [-0.15, -0.1) is 0 Å². The van der Waals surface area contributed by atoms with E-state index in [1.165, 1.54) is 0 Å². The summed E-state index contributed by atoms with van der Waals surface area (Å²) in [6.45, 7) is 2.91. The van der Waals surface area contributed by atoms with Crippen LogP contribution in [-0.2, 0) is 17.8 Å². The van der Waals surface area contributed by atoms with E-state index >= 15 is 0 Å². The fourth-order valence-corrected chi connectivity index (χ4v) is 2.49. The minimum atomic E-state index is -0.599. The van der Waals surface area contributed by atoms with Gasteiger partial charge in [0.1, 0.15) is 30.0 Å². The summed E-state index contributed by atoms with van der Waals surface area (Å²) in [6, 6.07) is 15.4. The summed E-state index contributed by atoms with van der Waals surface area (Å²) in [6.07, 6.45) is 0.697. The molecule has 0 saturated heterocycles. The first-order valence-corrected chi connectivity index (χ1v) is 8.79. The molecule has 26 heavy (non-hydrogen) atoms. The van der Waals surface area contributed by atoms with Crippen LogP contribution in [-0.4, -0.2) is 37.3 Å². The molecule has 0 aliphatic heterocycles. The van der Waals surface area contributed by atoms with Crippen LogP contribution in [0.3, 0.4) is 0 Å². The van der Waals surface area contributed by atoms with Crippen molar-refractivity contribution in [3.8, 4) is 11.5 Å². The summed E-state index contributed by atoms with van der Waals surface area (Å²) in [5.41, 5.74) is 2.20. The van der Waals surface area contributed by atoms with Crippen LogP contribution in [0.1, 0.15) is 24.5 Å². The SMILES string of the molecule is COc1cccc(CNC[C@H](O)COc2ccc(CCC(C)=O)cc2)c1. The number of hydrogen-bond donors (Lipinski definition) is 2. The predicted octanol–water partition coefficient (Wildman–Crippen LogP) is 2.75. The van der Waals surface area contributed by atoms with Gasteiger partial charge in [-0.05, 0) is 48.7 Å². The number of aliphatic hydroxyl groups is 1. The number of carbonyl (C=O) groups excluding carboxylic acids is 1. The van der Waals surface area contributed by atoms with E-state index in [0.717, 1.165) is 23.3 Å². The zero-order valence-electron chi connectivity index (χ0n) is 15.4. The third kappa shape index (κ3) is 7.25. The van der Waals surface area contributed by atoms with E-state index in [0.29, 0.717) is 25.3 Å². The van der Waals surface area contributed by atoms with Gasteiger partial charge in [0.05, 0.1) is 7.11 Å². The molecule has 0 radical (unpaired) electrons. The van der Waals surface area contributed by atoms with Crippen molar-refractivity contribution in [1.29, 1.82) is 0 Å². The molecule has 0 saturated carbocycles. The van der Waals surface area contributed by atoms with Crippen molar-refractivity contribution in [1.82, 2.24) is 5.32 Å². The van der Waals surface area contributed by atoms with Gasteiger partial charge in [-0.1, -0.05) is 24.3 Å². The molecule has 0 aliphatic carbocycles. The summed E-state index contributed by atoms with van der Waals surface area (Å²) in [7, 11) is 1.64. The summed E-state index contributed by atoms with van der Waals surface area (Å²) < 4.78 is 10.8. The minimum absolute atomic E-state index is 0.190. The fraction of sp³-hybridized carbons (Fsp3) is 0.381. The van der Waals surface area contributed by atoms with E-state index in [2.05, 4.69) is 5.32 Å². The van der Waals surface area contributed by atoms with Gasteiger partial charge in [0.25, 0.3) is 0 Å². The lowest BCUT2D eigenvalue weighted by Gasteiger charge is -2.14. The summed E-state index contributed by atoms with van der Waals surface area (Å²) in [5.74, 6) is 1.72. The van der Waals surface area contributed by atoms with E-state index in [-0.39, 0.29) is 12.4 Å². The summed E-state index contributed by atoms with van der Waals surface area (Å²) in [5, 5.41) is 13.2. The second kappa shape index (κ2) is 10.6. The second-order valence-electron chi connectivity index (χ2n) is 6.29. The largest absolute Gasteiger partial charge is 0.497 e. The maximum atomic E-state index is 11.0. The molecular weight excluding hydrogens is 330 g/mol. The van der Waals surface area contributed by atoms with E-state index in [9.17, 15) is 9.90 Å². The first-order chi connectivity index (χ1) is 12.6. The highest BCUT2D eigenvalue weighted by molar-refractivity contribution is 5.75. The van der Waals surface area contributed by atoms with Crippen molar-refractivity contribution < 1.29 is 19.4 Å². The Bertz CT molecular complexity index is 685. The van der Waals surface area contributed by atoms with Crippen LogP contribution in [0.5, 0.6) is 11.5 Å². The Morgan fingerprint density at radius 1 is 1.12 bits per heavy atom. The molecule has 5 heteroatoms. The topological polar surface area (TPSA) is 67.8 Å². The van der Waals surface area contributed by atoms with E-state index in [1.807, 2.05) is 48.5 Å². The lowest BCUT2D eigenvalue weighted by atomic mass is 10.1. The minimum Gasteiger partial charge on any atom is -0.497 e. The number of Topliss-reactive ketones (excluding diaryl/α,β-unsaturated/α-hetero) is 1. The molecule has 0 aromatic heterocycles. The number of aryl methyl sites for hydroxylation is 1. The third-order valence-electron chi connectivity index (χ3n) is 3.97. The third-order valence-corrected chi connectivity index (χ3v) is 3.97. The van der Waals surface area contributed by atoms with Crippen molar-refractivity contribution in [2.24, 2.45) is 0 Å². The number of rotatable bonds is 11. The number of aliphatic hydroxyl groups excluding tert-OH is 1. The Balaban J connectivity index is 1.67. The number of methoxy groups -OCH3 is 1. The van der Waals surface area contributed by atoms with Gasteiger partial charge in [-0.25, -0.2) is 0 Å². The number of carbonyl (C=O) groups is 1. The molecule has 140 valence electrons. The highest BCUT2D eigenvalue weighted by Crippen LogP contribution is 2.14. The van der Waals surface area contributed by atoms with Gasteiger partial charge in [0.2, 0.25) is 0 Å². The fourth-order valence-electron chi connectivity index (χ4n) is 2.49.